The number of carbonyl (C=O) groups excluding carboxylic acids is 1. The molecule has 0 aliphatic rings. The minimum atomic E-state index is -0.117. The van der Waals surface area contributed by atoms with Crippen molar-refractivity contribution in [2.24, 2.45) is 0 Å². The molecule has 0 spiro atoms. The molecule has 1 aromatic carbocycles. The molecule has 0 radical (unpaired) electrons. The molecule has 2 N–H and O–H groups in total. The number of hydrogen-bond acceptors (Lipinski definition) is 3. The van der Waals surface area contributed by atoms with Gasteiger partial charge in [-0.1, -0.05) is 19.9 Å². The van der Waals surface area contributed by atoms with Crippen LogP contribution in [0.15, 0.2) is 42.6 Å². The van der Waals surface area contributed by atoms with E-state index in [9.17, 15) is 4.79 Å². The van der Waals surface area contributed by atoms with Crippen LogP contribution >= 0.6 is 0 Å². The quantitative estimate of drug-likeness (QED) is 0.777. The minimum absolute atomic E-state index is 0.117. The van der Waals surface area contributed by atoms with Crippen LogP contribution < -0.4 is 5.32 Å². The van der Waals surface area contributed by atoms with Crippen molar-refractivity contribution >= 4 is 16.9 Å². The van der Waals surface area contributed by atoms with Crippen LogP contribution in [0.3, 0.4) is 0 Å². The molecule has 0 fully saturated rings. The van der Waals surface area contributed by atoms with Crippen LogP contribution in [-0.4, -0.2) is 20.9 Å². The summed E-state index contributed by atoms with van der Waals surface area (Å²) in [5.41, 5.74) is 3.21. The summed E-state index contributed by atoms with van der Waals surface area (Å²) < 4.78 is 0. The fourth-order valence-electron chi connectivity index (χ4n) is 2.22. The van der Waals surface area contributed by atoms with Crippen LogP contribution in [0.5, 0.6) is 0 Å². The third-order valence-corrected chi connectivity index (χ3v) is 3.47. The Bertz CT molecular complexity index is 793. The summed E-state index contributed by atoms with van der Waals surface area (Å²) in [4.78, 5) is 24.2. The number of H-pyrrole nitrogens is 1. The highest BCUT2D eigenvalue weighted by Gasteiger charge is 2.10. The third-order valence-electron chi connectivity index (χ3n) is 3.47. The fourth-order valence-corrected chi connectivity index (χ4v) is 2.22. The Hall–Kier alpha value is -2.69. The number of benzene rings is 1. The maximum Gasteiger partial charge on any atom is 0.251 e. The maximum absolute atomic E-state index is 12.2. The second-order valence-electron chi connectivity index (χ2n) is 5.51. The van der Waals surface area contributed by atoms with Crippen LogP contribution in [0.25, 0.3) is 11.0 Å². The van der Waals surface area contributed by atoms with E-state index < -0.39 is 0 Å². The van der Waals surface area contributed by atoms with E-state index in [1.54, 1.807) is 12.3 Å². The van der Waals surface area contributed by atoms with Crippen molar-refractivity contribution in [3.8, 4) is 0 Å². The fraction of sp³-hybridized carbons (Fsp3) is 0.235. The molecule has 3 rings (SSSR count). The summed E-state index contributed by atoms with van der Waals surface area (Å²) in [5.74, 6) is 1.14. The predicted molar refractivity (Wildman–Crippen MR) is 85.6 cm³/mol. The molecule has 22 heavy (non-hydrogen) atoms. The first-order chi connectivity index (χ1) is 10.6. The van der Waals surface area contributed by atoms with E-state index in [-0.39, 0.29) is 5.91 Å². The number of hydrogen-bond donors (Lipinski definition) is 2. The Morgan fingerprint density at radius 1 is 1.27 bits per heavy atom. The van der Waals surface area contributed by atoms with E-state index in [0.29, 0.717) is 18.0 Å². The first-order valence-electron chi connectivity index (χ1n) is 7.31. The van der Waals surface area contributed by atoms with Gasteiger partial charge in [0.2, 0.25) is 0 Å². The number of imidazole rings is 1. The second kappa shape index (κ2) is 5.97. The van der Waals surface area contributed by atoms with Crippen molar-refractivity contribution in [2.45, 2.75) is 26.3 Å². The molecule has 0 aliphatic heterocycles. The molecule has 5 heteroatoms. The van der Waals surface area contributed by atoms with E-state index in [4.69, 9.17) is 0 Å². The molecule has 112 valence electrons. The number of nitrogens with one attached hydrogen (secondary N) is 2. The van der Waals surface area contributed by atoms with Gasteiger partial charge >= 0.3 is 0 Å². The van der Waals surface area contributed by atoms with Gasteiger partial charge < -0.3 is 10.3 Å². The lowest BCUT2D eigenvalue weighted by Crippen LogP contribution is -2.23. The Balaban J connectivity index is 1.76. The van der Waals surface area contributed by atoms with Gasteiger partial charge in [0.1, 0.15) is 5.82 Å². The van der Waals surface area contributed by atoms with E-state index >= 15 is 0 Å². The number of amides is 1. The van der Waals surface area contributed by atoms with Crippen molar-refractivity contribution in [1.82, 2.24) is 20.3 Å². The van der Waals surface area contributed by atoms with Crippen LogP contribution in [0, 0.1) is 0 Å². The highest BCUT2D eigenvalue weighted by Crippen LogP contribution is 2.18. The lowest BCUT2D eigenvalue weighted by atomic mass is 10.2. The molecule has 3 aromatic rings. The van der Waals surface area contributed by atoms with Gasteiger partial charge in [-0.25, -0.2) is 4.98 Å². The standard InChI is InChI=1S/C17H18N4O/c1-11(2)16-20-14-7-6-12(9-15(14)21-16)17(22)19-10-13-5-3-4-8-18-13/h3-9,11H,10H2,1-2H3,(H,19,22)(H,20,21). The Labute approximate surface area is 128 Å². The number of carbonyl (C=O) groups is 1. The Morgan fingerprint density at radius 2 is 2.14 bits per heavy atom. The Kier molecular flexibility index (Phi) is 3.87. The van der Waals surface area contributed by atoms with E-state index in [1.807, 2.05) is 30.3 Å². The van der Waals surface area contributed by atoms with Crippen LogP contribution in [0.2, 0.25) is 0 Å². The molecular weight excluding hydrogens is 276 g/mol. The molecule has 2 aromatic heterocycles. The number of fused-ring (bicyclic) bond motifs is 1. The lowest BCUT2D eigenvalue weighted by Gasteiger charge is -2.04. The van der Waals surface area contributed by atoms with Crippen molar-refractivity contribution in [1.29, 1.82) is 0 Å². The third kappa shape index (κ3) is 2.98. The topological polar surface area (TPSA) is 70.7 Å². The van der Waals surface area contributed by atoms with E-state index in [2.05, 4.69) is 34.1 Å². The monoisotopic (exact) mass is 294 g/mol. The molecule has 0 saturated heterocycles. The molecule has 1 amide bonds. The van der Waals surface area contributed by atoms with Crippen molar-refractivity contribution in [3.63, 3.8) is 0 Å². The molecule has 0 bridgehead atoms. The largest absolute Gasteiger partial charge is 0.346 e. The van der Waals surface area contributed by atoms with Gasteiger partial charge in [0, 0.05) is 17.7 Å². The normalized spacial score (nSPS) is 11.0. The molecule has 5 nitrogen and oxygen atoms in total. The highest BCUT2D eigenvalue weighted by molar-refractivity contribution is 5.97. The van der Waals surface area contributed by atoms with Gasteiger partial charge in [0.15, 0.2) is 0 Å². The average Bonchev–Trinajstić information content (AvgIpc) is 2.97. The summed E-state index contributed by atoms with van der Waals surface area (Å²) in [6, 6.07) is 11.1. The van der Waals surface area contributed by atoms with Gasteiger partial charge in [-0.2, -0.15) is 0 Å². The van der Waals surface area contributed by atoms with Crippen molar-refractivity contribution in [2.75, 3.05) is 0 Å². The molecule has 0 saturated carbocycles. The Morgan fingerprint density at radius 3 is 2.86 bits per heavy atom. The zero-order valence-electron chi connectivity index (χ0n) is 12.6. The predicted octanol–water partition coefficient (Wildman–Crippen LogP) is 3.01. The number of aromatic amines is 1. The lowest BCUT2D eigenvalue weighted by molar-refractivity contribution is 0.0950. The van der Waals surface area contributed by atoms with E-state index in [1.165, 1.54) is 0 Å². The summed E-state index contributed by atoms with van der Waals surface area (Å²) in [7, 11) is 0. The highest BCUT2D eigenvalue weighted by atomic mass is 16.1. The minimum Gasteiger partial charge on any atom is -0.346 e. The van der Waals surface area contributed by atoms with Crippen molar-refractivity contribution < 1.29 is 4.79 Å². The average molecular weight is 294 g/mol. The molecule has 2 heterocycles. The zero-order valence-corrected chi connectivity index (χ0v) is 12.6. The van der Waals surface area contributed by atoms with Crippen LogP contribution in [-0.2, 0) is 6.54 Å². The van der Waals surface area contributed by atoms with Crippen LogP contribution in [0.1, 0.15) is 41.6 Å². The van der Waals surface area contributed by atoms with Gasteiger partial charge in [-0.05, 0) is 30.3 Å². The summed E-state index contributed by atoms with van der Waals surface area (Å²) >= 11 is 0. The van der Waals surface area contributed by atoms with Crippen LogP contribution in [0.4, 0.5) is 0 Å². The smallest absolute Gasteiger partial charge is 0.251 e. The van der Waals surface area contributed by atoms with Gasteiger partial charge in [0.25, 0.3) is 5.91 Å². The first-order valence-corrected chi connectivity index (χ1v) is 7.31. The van der Waals surface area contributed by atoms with Gasteiger partial charge in [-0.3, -0.25) is 9.78 Å². The van der Waals surface area contributed by atoms with Gasteiger partial charge in [-0.15, -0.1) is 0 Å². The number of aromatic nitrogens is 3. The second-order valence-corrected chi connectivity index (χ2v) is 5.51. The SMILES string of the molecule is CC(C)c1nc2ccc(C(=O)NCc3ccccn3)cc2[nH]1. The zero-order chi connectivity index (χ0) is 15.5. The van der Waals surface area contributed by atoms with E-state index in [0.717, 1.165) is 22.6 Å². The number of pyridine rings is 1. The molecular formula is C17H18N4O. The molecule has 0 unspecified atom stereocenters. The van der Waals surface area contributed by atoms with Crippen molar-refractivity contribution in [3.05, 3.63) is 59.7 Å². The number of rotatable bonds is 4. The maximum atomic E-state index is 12.2. The molecule has 0 atom stereocenters. The summed E-state index contributed by atoms with van der Waals surface area (Å²) in [5, 5.41) is 2.87. The first kappa shape index (κ1) is 14.3. The summed E-state index contributed by atoms with van der Waals surface area (Å²) in [6.07, 6.45) is 1.71. The summed E-state index contributed by atoms with van der Waals surface area (Å²) in [6.45, 7) is 4.58. The van der Waals surface area contributed by atoms with Gasteiger partial charge in [0.05, 0.1) is 23.3 Å². The number of nitrogens with zero attached hydrogens (tertiary/aromatic N) is 2. The molecule has 0 aliphatic carbocycles.